The molecule has 2 aromatic rings. The van der Waals surface area contributed by atoms with Gasteiger partial charge in [0.2, 0.25) is 0 Å². The molecule has 0 aliphatic carbocycles. The molecule has 2 aromatic heterocycles. The van der Waals surface area contributed by atoms with Crippen LogP contribution in [0, 0.1) is 6.92 Å². The minimum absolute atomic E-state index is 0.708. The van der Waals surface area contributed by atoms with Crippen LogP contribution < -0.4 is 0 Å². The Bertz CT molecular complexity index is 355. The van der Waals surface area contributed by atoms with Gasteiger partial charge in [0, 0.05) is 5.56 Å². The van der Waals surface area contributed by atoms with Gasteiger partial charge < -0.3 is 4.52 Å². The quantitative estimate of drug-likeness (QED) is 0.539. The molecule has 10 heavy (non-hydrogen) atoms. The second kappa shape index (κ2) is 1.76. The Labute approximate surface area is 56.9 Å². The second-order valence-corrected chi connectivity index (χ2v) is 2.07. The summed E-state index contributed by atoms with van der Waals surface area (Å²) in [4.78, 5) is 0. The van der Waals surface area contributed by atoms with Crippen molar-refractivity contribution < 1.29 is 4.52 Å². The van der Waals surface area contributed by atoms with Crippen LogP contribution in [0.1, 0.15) is 5.56 Å². The summed E-state index contributed by atoms with van der Waals surface area (Å²) < 4.78 is 4.90. The Hall–Kier alpha value is -1.45. The van der Waals surface area contributed by atoms with E-state index in [1.165, 1.54) is 0 Å². The van der Waals surface area contributed by atoms with Crippen LogP contribution in [0.15, 0.2) is 16.9 Å². The molecular formula is C6H5N3O. The number of rotatable bonds is 0. The third kappa shape index (κ3) is 0.586. The molecule has 0 atom stereocenters. The molecule has 0 aromatic carbocycles. The Morgan fingerprint density at radius 1 is 1.40 bits per heavy atom. The van der Waals surface area contributed by atoms with Gasteiger partial charge in [-0.1, -0.05) is 5.16 Å². The van der Waals surface area contributed by atoms with Crippen molar-refractivity contribution in [1.29, 1.82) is 0 Å². The summed E-state index contributed by atoms with van der Waals surface area (Å²) in [6.45, 7) is 1.90. The molecule has 0 unspecified atom stereocenters. The summed E-state index contributed by atoms with van der Waals surface area (Å²) >= 11 is 0. The first-order valence-corrected chi connectivity index (χ1v) is 2.90. The van der Waals surface area contributed by atoms with Crippen molar-refractivity contribution in [3.63, 3.8) is 0 Å². The predicted molar refractivity (Wildman–Crippen MR) is 34.3 cm³/mol. The minimum Gasteiger partial charge on any atom is -0.354 e. The highest BCUT2D eigenvalue weighted by atomic mass is 16.5. The van der Waals surface area contributed by atoms with E-state index in [4.69, 9.17) is 4.52 Å². The van der Waals surface area contributed by atoms with E-state index in [2.05, 4.69) is 15.4 Å². The second-order valence-electron chi connectivity index (χ2n) is 2.07. The molecule has 0 bridgehead atoms. The topological polar surface area (TPSA) is 51.8 Å². The molecule has 0 saturated heterocycles. The van der Waals surface area contributed by atoms with Gasteiger partial charge in [-0.3, -0.25) is 0 Å². The molecule has 0 radical (unpaired) electrons. The third-order valence-electron chi connectivity index (χ3n) is 1.33. The summed E-state index contributed by atoms with van der Waals surface area (Å²) in [5.74, 6) is 0. The first-order valence-electron chi connectivity index (χ1n) is 2.90. The molecule has 0 saturated carbocycles. The van der Waals surface area contributed by atoms with Gasteiger partial charge >= 0.3 is 0 Å². The molecule has 0 fully saturated rings. The Balaban J connectivity index is 2.95. The molecular weight excluding hydrogens is 130 g/mol. The van der Waals surface area contributed by atoms with Gasteiger partial charge in [-0.2, -0.15) is 5.10 Å². The zero-order valence-electron chi connectivity index (χ0n) is 5.40. The summed E-state index contributed by atoms with van der Waals surface area (Å²) in [6, 6.07) is 0. The van der Waals surface area contributed by atoms with Crippen molar-refractivity contribution in [2.45, 2.75) is 6.92 Å². The largest absolute Gasteiger partial charge is 0.354 e. The smallest absolute Gasteiger partial charge is 0.191 e. The van der Waals surface area contributed by atoms with E-state index in [-0.39, 0.29) is 0 Å². The van der Waals surface area contributed by atoms with Crippen LogP contribution in [-0.2, 0) is 0 Å². The number of hydrogen-bond acceptors (Lipinski definition) is 4. The molecule has 0 spiro atoms. The maximum Gasteiger partial charge on any atom is 0.191 e. The number of aromatic nitrogens is 3. The Kier molecular flexibility index (Phi) is 0.943. The van der Waals surface area contributed by atoms with Crippen molar-refractivity contribution in [2.75, 3.05) is 0 Å². The number of nitrogens with zero attached hydrogens (tertiary/aromatic N) is 3. The lowest BCUT2D eigenvalue weighted by molar-refractivity contribution is 0.454. The highest BCUT2D eigenvalue weighted by molar-refractivity contribution is 5.73. The normalized spacial score (nSPS) is 10.5. The summed E-state index contributed by atoms with van der Waals surface area (Å²) in [5, 5.41) is 11.1. The molecule has 0 N–H and O–H groups in total. The summed E-state index contributed by atoms with van der Waals surface area (Å²) in [6.07, 6.45) is 3.20. The van der Waals surface area contributed by atoms with Crippen molar-refractivity contribution in [2.24, 2.45) is 0 Å². The number of fused-ring (bicyclic) bond motifs is 1. The first-order chi connectivity index (χ1) is 4.88. The van der Waals surface area contributed by atoms with Crippen LogP contribution in [0.25, 0.3) is 11.1 Å². The average Bonchev–Trinajstić information content (AvgIpc) is 2.36. The van der Waals surface area contributed by atoms with Crippen LogP contribution in [0.2, 0.25) is 0 Å². The molecule has 2 rings (SSSR count). The monoisotopic (exact) mass is 135 g/mol. The number of hydrogen-bond donors (Lipinski definition) is 0. The summed E-state index contributed by atoms with van der Waals surface area (Å²) in [7, 11) is 0. The van der Waals surface area contributed by atoms with E-state index in [0.717, 1.165) is 11.1 Å². The fourth-order valence-corrected chi connectivity index (χ4v) is 0.816. The third-order valence-corrected chi connectivity index (χ3v) is 1.33. The fourth-order valence-electron chi connectivity index (χ4n) is 0.816. The molecule has 0 aliphatic heterocycles. The lowest BCUT2D eigenvalue weighted by Crippen LogP contribution is -1.81. The molecule has 0 aliphatic rings. The van der Waals surface area contributed by atoms with Crippen molar-refractivity contribution in [1.82, 2.24) is 15.4 Å². The highest BCUT2D eigenvalue weighted by Crippen LogP contribution is 2.11. The zero-order valence-corrected chi connectivity index (χ0v) is 5.40. The fraction of sp³-hybridized carbons (Fsp3) is 0.167. The standard InChI is InChI=1S/C6H5N3O/c1-4-2-7-9-5-3-8-10-6(4)5/h2-3H,1H3. The Morgan fingerprint density at radius 3 is 3.10 bits per heavy atom. The van der Waals surface area contributed by atoms with E-state index in [0.29, 0.717) is 5.52 Å². The zero-order chi connectivity index (χ0) is 6.97. The van der Waals surface area contributed by atoms with Gasteiger partial charge in [0.1, 0.15) is 0 Å². The SMILES string of the molecule is Cc1cnnc2cnoc12. The maximum absolute atomic E-state index is 4.90. The van der Waals surface area contributed by atoms with Crippen LogP contribution in [0.3, 0.4) is 0 Å². The van der Waals surface area contributed by atoms with E-state index < -0.39 is 0 Å². The Morgan fingerprint density at radius 2 is 2.30 bits per heavy atom. The van der Waals surface area contributed by atoms with E-state index in [1.54, 1.807) is 12.4 Å². The van der Waals surface area contributed by atoms with Crippen molar-refractivity contribution >= 4 is 11.1 Å². The maximum atomic E-state index is 4.90. The molecule has 50 valence electrons. The molecule has 0 amide bonds. The summed E-state index contributed by atoms with van der Waals surface area (Å²) in [5.41, 5.74) is 2.39. The van der Waals surface area contributed by atoms with E-state index in [9.17, 15) is 0 Å². The van der Waals surface area contributed by atoms with Gasteiger partial charge in [-0.15, -0.1) is 5.10 Å². The van der Waals surface area contributed by atoms with Gasteiger partial charge in [0.05, 0.1) is 12.4 Å². The van der Waals surface area contributed by atoms with Gasteiger partial charge in [0.15, 0.2) is 11.1 Å². The van der Waals surface area contributed by atoms with Crippen LogP contribution in [-0.4, -0.2) is 15.4 Å². The highest BCUT2D eigenvalue weighted by Gasteiger charge is 2.01. The lowest BCUT2D eigenvalue weighted by atomic mass is 10.3. The molecule has 4 heteroatoms. The van der Waals surface area contributed by atoms with Crippen molar-refractivity contribution in [3.8, 4) is 0 Å². The molecule has 4 nitrogen and oxygen atoms in total. The van der Waals surface area contributed by atoms with Crippen LogP contribution >= 0.6 is 0 Å². The number of aryl methyl sites for hydroxylation is 1. The predicted octanol–water partition coefficient (Wildman–Crippen LogP) is 0.926. The average molecular weight is 135 g/mol. The van der Waals surface area contributed by atoms with E-state index >= 15 is 0 Å². The molecule has 2 heterocycles. The van der Waals surface area contributed by atoms with Gasteiger partial charge in [-0.05, 0) is 6.92 Å². The van der Waals surface area contributed by atoms with Crippen molar-refractivity contribution in [3.05, 3.63) is 18.0 Å². The van der Waals surface area contributed by atoms with Crippen LogP contribution in [0.4, 0.5) is 0 Å². The van der Waals surface area contributed by atoms with Gasteiger partial charge in [0.25, 0.3) is 0 Å². The lowest BCUT2D eigenvalue weighted by Gasteiger charge is -1.86. The van der Waals surface area contributed by atoms with Crippen LogP contribution in [0.5, 0.6) is 0 Å². The minimum atomic E-state index is 0.708. The first kappa shape index (κ1) is 5.34. The van der Waals surface area contributed by atoms with E-state index in [1.807, 2.05) is 6.92 Å². The van der Waals surface area contributed by atoms with Gasteiger partial charge in [-0.25, -0.2) is 0 Å².